The zero-order valence-corrected chi connectivity index (χ0v) is 13.0. The Bertz CT molecular complexity index is 733. The maximum atomic E-state index is 12.3. The van der Waals surface area contributed by atoms with E-state index in [2.05, 4.69) is 20.5 Å². The second-order valence-corrected chi connectivity index (χ2v) is 5.61. The molecular formula is C16H17F2N3O3. The predicted molar refractivity (Wildman–Crippen MR) is 82.1 cm³/mol. The van der Waals surface area contributed by atoms with Crippen LogP contribution in [0, 0.1) is 6.92 Å². The molecule has 0 bridgehead atoms. The molecule has 0 saturated heterocycles. The van der Waals surface area contributed by atoms with Gasteiger partial charge in [-0.1, -0.05) is 11.2 Å². The third-order valence-electron chi connectivity index (χ3n) is 3.83. The maximum absolute atomic E-state index is 12.3. The molecule has 2 amide bonds. The summed E-state index contributed by atoms with van der Waals surface area (Å²) in [5.74, 6) is 1.06. The Morgan fingerprint density at radius 2 is 2.25 bits per heavy atom. The summed E-state index contributed by atoms with van der Waals surface area (Å²) in [7, 11) is 0. The van der Waals surface area contributed by atoms with Crippen LogP contribution in [0.3, 0.4) is 0 Å². The summed E-state index contributed by atoms with van der Waals surface area (Å²) in [6, 6.07) is 5.84. The van der Waals surface area contributed by atoms with Crippen molar-refractivity contribution in [2.24, 2.45) is 0 Å². The molecule has 0 radical (unpaired) electrons. The molecule has 1 aromatic heterocycles. The van der Waals surface area contributed by atoms with Crippen LogP contribution in [0.1, 0.15) is 35.8 Å². The van der Waals surface area contributed by atoms with E-state index in [1.807, 2.05) is 0 Å². The lowest BCUT2D eigenvalue weighted by Crippen LogP contribution is -2.34. The van der Waals surface area contributed by atoms with E-state index in [1.54, 1.807) is 25.1 Å². The molecule has 24 heavy (non-hydrogen) atoms. The smallest absolute Gasteiger partial charge is 0.387 e. The average molecular weight is 337 g/mol. The molecule has 1 aromatic carbocycles. The molecule has 3 rings (SSSR count). The minimum atomic E-state index is -2.85. The number of aryl methyl sites for hydroxylation is 2. The Morgan fingerprint density at radius 3 is 2.96 bits per heavy atom. The Morgan fingerprint density at radius 1 is 1.42 bits per heavy atom. The second-order valence-electron chi connectivity index (χ2n) is 5.61. The zero-order valence-electron chi connectivity index (χ0n) is 13.0. The van der Waals surface area contributed by atoms with Gasteiger partial charge in [-0.25, -0.2) is 4.79 Å². The van der Waals surface area contributed by atoms with Crippen LogP contribution >= 0.6 is 0 Å². The van der Waals surface area contributed by atoms with Gasteiger partial charge in [-0.15, -0.1) is 0 Å². The van der Waals surface area contributed by atoms with Gasteiger partial charge in [-0.2, -0.15) is 8.78 Å². The summed E-state index contributed by atoms with van der Waals surface area (Å²) in [6.45, 7) is -1.12. The summed E-state index contributed by atoms with van der Waals surface area (Å²) in [5, 5.41) is 9.17. The molecule has 6 nitrogen and oxygen atoms in total. The summed E-state index contributed by atoms with van der Waals surface area (Å²) in [6.07, 6.45) is 2.38. The highest BCUT2D eigenvalue weighted by atomic mass is 19.3. The molecule has 0 aliphatic heterocycles. The molecular weight excluding hydrogens is 320 g/mol. The molecule has 1 unspecified atom stereocenters. The lowest BCUT2D eigenvalue weighted by Gasteiger charge is -2.26. The fourth-order valence-corrected chi connectivity index (χ4v) is 2.85. The number of carbonyl (C=O) groups excluding carboxylic acids is 1. The van der Waals surface area contributed by atoms with Gasteiger partial charge in [0.2, 0.25) is 0 Å². The first-order chi connectivity index (χ1) is 11.5. The van der Waals surface area contributed by atoms with Crippen molar-refractivity contribution >= 4 is 11.8 Å². The van der Waals surface area contributed by atoms with Crippen molar-refractivity contribution < 1.29 is 22.8 Å². The lowest BCUT2D eigenvalue weighted by atomic mass is 9.87. The van der Waals surface area contributed by atoms with Crippen molar-refractivity contribution in [1.82, 2.24) is 10.5 Å². The largest absolute Gasteiger partial charge is 0.435 e. The molecule has 128 valence electrons. The number of carbonyl (C=O) groups is 1. The number of halogens is 2. The first-order valence-corrected chi connectivity index (χ1v) is 7.60. The van der Waals surface area contributed by atoms with E-state index in [-0.39, 0.29) is 11.8 Å². The van der Waals surface area contributed by atoms with Gasteiger partial charge in [0.25, 0.3) is 0 Å². The van der Waals surface area contributed by atoms with E-state index in [0.29, 0.717) is 11.6 Å². The van der Waals surface area contributed by atoms with Crippen molar-refractivity contribution in [3.05, 3.63) is 41.2 Å². The Labute approximate surface area is 137 Å². The fourth-order valence-electron chi connectivity index (χ4n) is 2.85. The van der Waals surface area contributed by atoms with Crippen LogP contribution in [-0.2, 0) is 6.42 Å². The standard InChI is InChI=1S/C16H17F2N3O3/c1-9-7-14(21-24-9)20-16(22)19-13-4-2-3-10-8-11(23-15(17)18)5-6-12(10)13/h5-8,13,15H,2-4H2,1H3,(H2,19,20,21,22). The van der Waals surface area contributed by atoms with Crippen LogP contribution in [0.25, 0.3) is 0 Å². The second kappa shape index (κ2) is 6.86. The molecule has 0 saturated carbocycles. The predicted octanol–water partition coefficient (Wildman–Crippen LogP) is 3.78. The van der Waals surface area contributed by atoms with Crippen LogP contribution in [0.4, 0.5) is 19.4 Å². The number of fused-ring (bicyclic) bond motifs is 1. The van der Waals surface area contributed by atoms with E-state index in [0.717, 1.165) is 30.4 Å². The van der Waals surface area contributed by atoms with Gasteiger partial charge in [0.15, 0.2) is 5.82 Å². The monoisotopic (exact) mass is 337 g/mol. The Kier molecular flexibility index (Phi) is 4.64. The van der Waals surface area contributed by atoms with Gasteiger partial charge < -0.3 is 14.6 Å². The van der Waals surface area contributed by atoms with Crippen molar-refractivity contribution in [1.29, 1.82) is 0 Å². The number of benzene rings is 1. The number of hydrogen-bond acceptors (Lipinski definition) is 4. The van der Waals surface area contributed by atoms with Crippen LogP contribution in [0.15, 0.2) is 28.8 Å². The van der Waals surface area contributed by atoms with Crippen LogP contribution in [-0.4, -0.2) is 17.8 Å². The van der Waals surface area contributed by atoms with Crippen LogP contribution in [0.5, 0.6) is 5.75 Å². The molecule has 1 aliphatic rings. The zero-order chi connectivity index (χ0) is 17.1. The van der Waals surface area contributed by atoms with Gasteiger partial charge in [-0.05, 0) is 49.4 Å². The molecule has 1 atom stereocenters. The summed E-state index contributed by atoms with van der Waals surface area (Å²) in [5.41, 5.74) is 1.82. The summed E-state index contributed by atoms with van der Waals surface area (Å²) < 4.78 is 33.9. The number of ether oxygens (including phenoxy) is 1. The molecule has 2 aromatic rings. The first-order valence-electron chi connectivity index (χ1n) is 7.60. The van der Waals surface area contributed by atoms with Crippen molar-refractivity contribution in [2.75, 3.05) is 5.32 Å². The quantitative estimate of drug-likeness (QED) is 0.890. The minimum absolute atomic E-state index is 0.131. The summed E-state index contributed by atoms with van der Waals surface area (Å²) in [4.78, 5) is 12.1. The number of nitrogens with one attached hydrogen (secondary N) is 2. The highest BCUT2D eigenvalue weighted by Crippen LogP contribution is 2.32. The van der Waals surface area contributed by atoms with Gasteiger partial charge in [0.1, 0.15) is 11.5 Å². The normalized spacial score (nSPS) is 16.6. The van der Waals surface area contributed by atoms with E-state index in [1.165, 1.54) is 6.07 Å². The molecule has 0 fully saturated rings. The van der Waals surface area contributed by atoms with Gasteiger partial charge in [0.05, 0.1) is 6.04 Å². The number of amides is 2. The molecule has 1 aliphatic carbocycles. The fraction of sp³-hybridized carbons (Fsp3) is 0.375. The third-order valence-corrected chi connectivity index (χ3v) is 3.83. The van der Waals surface area contributed by atoms with Crippen molar-refractivity contribution in [3.63, 3.8) is 0 Å². The average Bonchev–Trinajstić information content (AvgIpc) is 2.91. The van der Waals surface area contributed by atoms with Gasteiger partial charge in [-0.3, -0.25) is 5.32 Å². The van der Waals surface area contributed by atoms with E-state index in [9.17, 15) is 13.6 Å². The Balaban J connectivity index is 1.68. The number of nitrogens with zero attached hydrogens (tertiary/aromatic N) is 1. The number of anilines is 1. The Hall–Kier alpha value is -2.64. The number of urea groups is 1. The third kappa shape index (κ3) is 3.81. The number of alkyl halides is 2. The summed E-state index contributed by atoms with van der Waals surface area (Å²) >= 11 is 0. The van der Waals surface area contributed by atoms with E-state index in [4.69, 9.17) is 4.52 Å². The number of aromatic nitrogens is 1. The minimum Gasteiger partial charge on any atom is -0.435 e. The molecule has 2 N–H and O–H groups in total. The van der Waals surface area contributed by atoms with Gasteiger partial charge in [0, 0.05) is 6.07 Å². The highest BCUT2D eigenvalue weighted by Gasteiger charge is 2.23. The van der Waals surface area contributed by atoms with Crippen LogP contribution in [0.2, 0.25) is 0 Å². The maximum Gasteiger partial charge on any atom is 0.387 e. The number of rotatable bonds is 4. The van der Waals surface area contributed by atoms with Crippen LogP contribution < -0.4 is 15.4 Å². The molecule has 1 heterocycles. The number of hydrogen-bond donors (Lipinski definition) is 2. The molecule has 8 heteroatoms. The first kappa shape index (κ1) is 16.2. The topological polar surface area (TPSA) is 76.4 Å². The lowest BCUT2D eigenvalue weighted by molar-refractivity contribution is -0.0499. The molecule has 0 spiro atoms. The van der Waals surface area contributed by atoms with E-state index < -0.39 is 12.6 Å². The van der Waals surface area contributed by atoms with Crippen molar-refractivity contribution in [2.45, 2.75) is 38.8 Å². The SMILES string of the molecule is Cc1cc(NC(=O)NC2CCCc3cc(OC(F)F)ccc32)no1. The highest BCUT2D eigenvalue weighted by molar-refractivity contribution is 5.88. The van der Waals surface area contributed by atoms with E-state index >= 15 is 0 Å². The van der Waals surface area contributed by atoms with Crippen molar-refractivity contribution in [3.8, 4) is 5.75 Å². The van der Waals surface area contributed by atoms with Gasteiger partial charge >= 0.3 is 12.6 Å².